The number of halogens is 2. The normalized spacial score (nSPS) is 10.4. The Morgan fingerprint density at radius 2 is 2.06 bits per heavy atom. The van der Waals surface area contributed by atoms with E-state index in [0.29, 0.717) is 17.0 Å². The highest BCUT2D eigenvalue weighted by molar-refractivity contribution is 6.30. The molecule has 0 amide bonds. The van der Waals surface area contributed by atoms with Gasteiger partial charge in [-0.25, -0.2) is 4.39 Å². The average Bonchev–Trinajstić information content (AvgIpc) is 2.35. The zero-order valence-electron chi connectivity index (χ0n) is 9.91. The van der Waals surface area contributed by atoms with E-state index in [1.807, 2.05) is 13.0 Å². The first kappa shape index (κ1) is 12.7. The van der Waals surface area contributed by atoms with E-state index in [1.165, 1.54) is 6.07 Å². The third-order valence-electron chi connectivity index (χ3n) is 2.67. The van der Waals surface area contributed by atoms with Crippen LogP contribution >= 0.6 is 11.6 Å². The first-order valence-corrected chi connectivity index (χ1v) is 5.87. The molecule has 0 saturated heterocycles. The summed E-state index contributed by atoms with van der Waals surface area (Å²) in [7, 11) is 0. The molecule has 94 valence electrons. The van der Waals surface area contributed by atoms with E-state index in [1.54, 1.807) is 24.3 Å². The number of nitrogen functional groups attached to an aromatic ring is 1. The molecule has 4 heteroatoms. The van der Waals surface area contributed by atoms with Crippen molar-refractivity contribution in [3.05, 3.63) is 58.4 Å². The fourth-order valence-electron chi connectivity index (χ4n) is 1.56. The number of hydrogen-bond donors (Lipinski definition) is 1. The van der Waals surface area contributed by atoms with Gasteiger partial charge in [-0.05, 0) is 36.8 Å². The van der Waals surface area contributed by atoms with Crippen LogP contribution in [0.5, 0.6) is 5.75 Å². The van der Waals surface area contributed by atoms with Crippen LogP contribution in [-0.4, -0.2) is 0 Å². The number of aryl methyl sites for hydroxylation is 1. The summed E-state index contributed by atoms with van der Waals surface area (Å²) in [5.74, 6) is 0.215. The molecule has 0 aromatic heterocycles. The highest BCUT2D eigenvalue weighted by Crippen LogP contribution is 2.22. The lowest BCUT2D eigenvalue weighted by molar-refractivity contribution is 0.300. The van der Waals surface area contributed by atoms with Crippen molar-refractivity contribution in [1.29, 1.82) is 0 Å². The van der Waals surface area contributed by atoms with E-state index in [-0.39, 0.29) is 11.6 Å². The smallest absolute Gasteiger partial charge is 0.148 e. The van der Waals surface area contributed by atoms with Gasteiger partial charge in [0.15, 0.2) is 0 Å². The van der Waals surface area contributed by atoms with Gasteiger partial charge in [0, 0.05) is 11.3 Å². The van der Waals surface area contributed by atoms with Crippen molar-refractivity contribution in [2.75, 3.05) is 5.73 Å². The van der Waals surface area contributed by atoms with E-state index in [2.05, 4.69) is 0 Å². The Kier molecular flexibility index (Phi) is 3.72. The monoisotopic (exact) mass is 265 g/mol. The molecule has 18 heavy (non-hydrogen) atoms. The molecule has 2 rings (SSSR count). The number of benzene rings is 2. The molecular formula is C14H13ClFNO. The minimum absolute atomic E-state index is 0.101. The summed E-state index contributed by atoms with van der Waals surface area (Å²) >= 11 is 5.69. The van der Waals surface area contributed by atoms with Crippen LogP contribution < -0.4 is 10.5 Å². The van der Waals surface area contributed by atoms with Crippen LogP contribution in [0.3, 0.4) is 0 Å². The minimum atomic E-state index is -0.439. The number of nitrogens with two attached hydrogens (primary N) is 1. The summed E-state index contributed by atoms with van der Waals surface area (Å²) in [5.41, 5.74) is 7.77. The van der Waals surface area contributed by atoms with Gasteiger partial charge in [-0.2, -0.15) is 0 Å². The molecule has 0 heterocycles. The summed E-state index contributed by atoms with van der Waals surface area (Å²) in [4.78, 5) is 0. The molecule has 0 fully saturated rings. The third-order valence-corrected chi connectivity index (χ3v) is 2.96. The second kappa shape index (κ2) is 5.27. The Morgan fingerprint density at radius 1 is 1.28 bits per heavy atom. The quantitative estimate of drug-likeness (QED) is 0.853. The number of anilines is 1. The van der Waals surface area contributed by atoms with Crippen LogP contribution in [0.15, 0.2) is 36.4 Å². The highest BCUT2D eigenvalue weighted by Gasteiger charge is 2.07. The largest absolute Gasteiger partial charge is 0.489 e. The second-order valence-electron chi connectivity index (χ2n) is 4.02. The van der Waals surface area contributed by atoms with Gasteiger partial charge in [-0.1, -0.05) is 23.7 Å². The molecule has 0 aliphatic heterocycles. The van der Waals surface area contributed by atoms with Crippen LogP contribution in [-0.2, 0) is 6.61 Å². The van der Waals surface area contributed by atoms with Gasteiger partial charge in [0.2, 0.25) is 0 Å². The van der Waals surface area contributed by atoms with E-state index in [4.69, 9.17) is 22.1 Å². The minimum Gasteiger partial charge on any atom is -0.489 e. The fourth-order valence-corrected chi connectivity index (χ4v) is 1.75. The maximum Gasteiger partial charge on any atom is 0.148 e. The van der Waals surface area contributed by atoms with E-state index in [9.17, 15) is 4.39 Å². The molecule has 2 aromatic carbocycles. The van der Waals surface area contributed by atoms with Gasteiger partial charge in [0.1, 0.15) is 18.2 Å². The number of hydrogen-bond acceptors (Lipinski definition) is 2. The molecule has 0 unspecified atom stereocenters. The van der Waals surface area contributed by atoms with Crippen LogP contribution in [0.25, 0.3) is 0 Å². The SMILES string of the molecule is Cc1cc(OCc2cccc(Cl)c2F)ccc1N. The maximum absolute atomic E-state index is 13.6. The molecule has 0 radical (unpaired) electrons. The molecule has 2 nitrogen and oxygen atoms in total. The molecule has 2 N–H and O–H groups in total. The van der Waals surface area contributed by atoms with Crippen LogP contribution in [0, 0.1) is 12.7 Å². The van der Waals surface area contributed by atoms with Crippen molar-refractivity contribution in [3.8, 4) is 5.75 Å². The lowest BCUT2D eigenvalue weighted by atomic mass is 10.2. The summed E-state index contributed by atoms with van der Waals surface area (Å²) < 4.78 is 19.1. The zero-order valence-corrected chi connectivity index (χ0v) is 10.7. The van der Waals surface area contributed by atoms with Gasteiger partial charge in [-0.3, -0.25) is 0 Å². The summed E-state index contributed by atoms with van der Waals surface area (Å²) in [6.45, 7) is 2.03. The predicted octanol–water partition coefficient (Wildman–Crippen LogP) is 3.95. The fraction of sp³-hybridized carbons (Fsp3) is 0.143. The van der Waals surface area contributed by atoms with Crippen LogP contribution in [0.2, 0.25) is 5.02 Å². The molecule has 0 atom stereocenters. The number of rotatable bonds is 3. The molecule has 0 aliphatic carbocycles. The zero-order chi connectivity index (χ0) is 13.1. The Bertz CT molecular complexity index is 572. The standard InChI is InChI=1S/C14H13ClFNO/c1-9-7-11(5-6-13(9)17)18-8-10-3-2-4-12(15)14(10)16/h2-7H,8,17H2,1H3. The number of ether oxygens (including phenoxy) is 1. The van der Waals surface area contributed by atoms with Crippen molar-refractivity contribution in [1.82, 2.24) is 0 Å². The van der Waals surface area contributed by atoms with Crippen molar-refractivity contribution in [3.63, 3.8) is 0 Å². The molecular weight excluding hydrogens is 253 g/mol. The molecule has 0 saturated carbocycles. The molecule has 2 aromatic rings. The van der Waals surface area contributed by atoms with Gasteiger partial charge in [0.25, 0.3) is 0 Å². The van der Waals surface area contributed by atoms with E-state index in [0.717, 1.165) is 5.56 Å². The van der Waals surface area contributed by atoms with Gasteiger partial charge < -0.3 is 10.5 Å². The van der Waals surface area contributed by atoms with Gasteiger partial charge >= 0.3 is 0 Å². The maximum atomic E-state index is 13.6. The lowest BCUT2D eigenvalue weighted by Gasteiger charge is -2.09. The first-order chi connectivity index (χ1) is 8.58. The Labute approximate surface area is 110 Å². The molecule has 0 bridgehead atoms. The van der Waals surface area contributed by atoms with Crippen LogP contribution in [0.1, 0.15) is 11.1 Å². The molecule has 0 spiro atoms. The van der Waals surface area contributed by atoms with Crippen molar-refractivity contribution < 1.29 is 9.13 Å². The topological polar surface area (TPSA) is 35.2 Å². The van der Waals surface area contributed by atoms with Crippen LogP contribution in [0.4, 0.5) is 10.1 Å². The predicted molar refractivity (Wildman–Crippen MR) is 71.3 cm³/mol. The van der Waals surface area contributed by atoms with E-state index >= 15 is 0 Å². The highest BCUT2D eigenvalue weighted by atomic mass is 35.5. The molecule has 0 aliphatic rings. The Balaban J connectivity index is 2.11. The summed E-state index contributed by atoms with van der Waals surface area (Å²) in [6.07, 6.45) is 0. The second-order valence-corrected chi connectivity index (χ2v) is 4.43. The third kappa shape index (κ3) is 2.74. The Morgan fingerprint density at radius 3 is 2.78 bits per heavy atom. The van der Waals surface area contributed by atoms with E-state index < -0.39 is 5.82 Å². The van der Waals surface area contributed by atoms with Crippen molar-refractivity contribution in [2.24, 2.45) is 0 Å². The van der Waals surface area contributed by atoms with Crippen molar-refractivity contribution >= 4 is 17.3 Å². The summed E-state index contributed by atoms with van der Waals surface area (Å²) in [6, 6.07) is 10.2. The first-order valence-electron chi connectivity index (χ1n) is 5.50. The average molecular weight is 266 g/mol. The lowest BCUT2D eigenvalue weighted by Crippen LogP contribution is -1.99. The van der Waals surface area contributed by atoms with Gasteiger partial charge in [-0.15, -0.1) is 0 Å². The Hall–Kier alpha value is -1.74. The van der Waals surface area contributed by atoms with Crippen molar-refractivity contribution in [2.45, 2.75) is 13.5 Å². The van der Waals surface area contributed by atoms with Gasteiger partial charge in [0.05, 0.1) is 5.02 Å². The summed E-state index contributed by atoms with van der Waals surface area (Å²) in [5, 5.41) is 0.101.